The highest BCUT2D eigenvalue weighted by Gasteiger charge is 2.32. The lowest BCUT2D eigenvalue weighted by atomic mass is 9.84. The average Bonchev–Trinajstić information content (AvgIpc) is 3.57. The normalized spacial score (nSPS) is 19.3. The highest BCUT2D eigenvalue weighted by molar-refractivity contribution is 7.20. The molecular formula is C28H33N3O2S. The average molecular weight is 476 g/mol. The van der Waals surface area contributed by atoms with Gasteiger partial charge in [0.25, 0.3) is 5.91 Å². The Kier molecular flexibility index (Phi) is 6.45. The first kappa shape index (κ1) is 23.1. The summed E-state index contributed by atoms with van der Waals surface area (Å²) in [6.07, 6.45) is 3.07. The van der Waals surface area contributed by atoms with Crippen molar-refractivity contribution in [2.45, 2.75) is 38.5 Å². The summed E-state index contributed by atoms with van der Waals surface area (Å²) in [7, 11) is 0. The van der Waals surface area contributed by atoms with Crippen molar-refractivity contribution in [3.63, 3.8) is 0 Å². The van der Waals surface area contributed by atoms with Crippen LogP contribution >= 0.6 is 11.3 Å². The minimum absolute atomic E-state index is 0.0586. The summed E-state index contributed by atoms with van der Waals surface area (Å²) < 4.78 is 1.11. The standard InChI is InChI=1S/C28H33N3O2S/c1-28(2,19-30-13-5-6-14-30)22-9-11-23(12-10-22)31-18-20(15-26(31)32)17-29-27(33)25-16-21-7-3-4-8-24(21)34-25/h3-4,7-12,16,20H,5-6,13-15,17-19H2,1-2H3,(H,29,33). The summed E-state index contributed by atoms with van der Waals surface area (Å²) in [5.41, 5.74) is 2.34. The van der Waals surface area contributed by atoms with Crippen LogP contribution in [0.4, 0.5) is 5.69 Å². The van der Waals surface area contributed by atoms with Crippen LogP contribution in [0.2, 0.25) is 0 Å². The minimum atomic E-state index is -0.0586. The number of anilines is 1. The zero-order chi connectivity index (χ0) is 23.7. The number of benzene rings is 2. The molecule has 2 amide bonds. The molecule has 0 spiro atoms. The molecule has 2 fully saturated rings. The van der Waals surface area contributed by atoms with E-state index in [0.29, 0.717) is 19.5 Å². The van der Waals surface area contributed by atoms with Gasteiger partial charge in [-0.25, -0.2) is 0 Å². The first-order valence-corrected chi connectivity index (χ1v) is 13.1. The Morgan fingerprint density at radius 2 is 1.82 bits per heavy atom. The maximum Gasteiger partial charge on any atom is 0.261 e. The second kappa shape index (κ2) is 9.51. The Labute approximate surface area is 205 Å². The Morgan fingerprint density at radius 3 is 2.56 bits per heavy atom. The molecular weight excluding hydrogens is 442 g/mol. The molecule has 1 N–H and O–H groups in total. The highest BCUT2D eigenvalue weighted by Crippen LogP contribution is 2.30. The number of hydrogen-bond acceptors (Lipinski definition) is 4. The lowest BCUT2D eigenvalue weighted by molar-refractivity contribution is -0.117. The van der Waals surface area contributed by atoms with Gasteiger partial charge in [-0.1, -0.05) is 44.2 Å². The molecule has 0 saturated carbocycles. The summed E-state index contributed by atoms with van der Waals surface area (Å²) in [5, 5.41) is 4.14. The predicted octanol–water partition coefficient (Wildman–Crippen LogP) is 5.06. The number of nitrogens with one attached hydrogen (secondary N) is 1. The van der Waals surface area contributed by atoms with Crippen molar-refractivity contribution in [1.29, 1.82) is 0 Å². The molecule has 2 aliphatic rings. The molecule has 5 rings (SSSR count). The van der Waals surface area contributed by atoms with Crippen LogP contribution < -0.4 is 10.2 Å². The van der Waals surface area contributed by atoms with Crippen molar-refractivity contribution in [1.82, 2.24) is 10.2 Å². The van der Waals surface area contributed by atoms with E-state index in [1.165, 1.54) is 42.8 Å². The fourth-order valence-electron chi connectivity index (χ4n) is 5.27. The molecule has 0 bridgehead atoms. The van der Waals surface area contributed by atoms with Gasteiger partial charge in [0.2, 0.25) is 5.91 Å². The predicted molar refractivity (Wildman–Crippen MR) is 140 cm³/mol. The minimum Gasteiger partial charge on any atom is -0.351 e. The fraction of sp³-hybridized carbons (Fsp3) is 0.429. The van der Waals surface area contributed by atoms with Gasteiger partial charge in [0, 0.05) is 47.8 Å². The molecule has 2 saturated heterocycles. The van der Waals surface area contributed by atoms with E-state index in [2.05, 4.69) is 48.3 Å². The summed E-state index contributed by atoms with van der Waals surface area (Å²) in [6, 6.07) is 18.5. The molecule has 3 heterocycles. The zero-order valence-corrected chi connectivity index (χ0v) is 20.9. The number of amides is 2. The van der Waals surface area contributed by atoms with Gasteiger partial charge in [-0.3, -0.25) is 9.59 Å². The third-order valence-electron chi connectivity index (χ3n) is 7.18. The molecule has 1 atom stereocenters. The summed E-state index contributed by atoms with van der Waals surface area (Å²) >= 11 is 1.51. The maximum atomic E-state index is 12.7. The van der Waals surface area contributed by atoms with Crippen molar-refractivity contribution in [2.24, 2.45) is 5.92 Å². The number of nitrogens with zero attached hydrogens (tertiary/aromatic N) is 2. The molecule has 34 heavy (non-hydrogen) atoms. The second-order valence-corrected chi connectivity index (χ2v) is 11.4. The van der Waals surface area contributed by atoms with Crippen LogP contribution in [-0.4, -0.2) is 49.4 Å². The maximum absolute atomic E-state index is 12.7. The lowest BCUT2D eigenvalue weighted by Crippen LogP contribution is -2.35. The van der Waals surface area contributed by atoms with Gasteiger partial charge in [0.05, 0.1) is 4.88 Å². The van der Waals surface area contributed by atoms with E-state index in [4.69, 9.17) is 0 Å². The van der Waals surface area contributed by atoms with Crippen molar-refractivity contribution in [2.75, 3.05) is 37.6 Å². The largest absolute Gasteiger partial charge is 0.351 e. The van der Waals surface area contributed by atoms with E-state index >= 15 is 0 Å². The molecule has 2 aliphatic heterocycles. The number of thiophene rings is 1. The summed E-state index contributed by atoms with van der Waals surface area (Å²) in [5.74, 6) is 0.194. The molecule has 3 aromatic rings. The Balaban J connectivity index is 1.18. The van der Waals surface area contributed by atoms with E-state index in [1.54, 1.807) is 0 Å². The number of carbonyl (C=O) groups is 2. The van der Waals surface area contributed by atoms with Crippen molar-refractivity contribution in [3.05, 3.63) is 65.0 Å². The van der Waals surface area contributed by atoms with Gasteiger partial charge < -0.3 is 15.1 Å². The van der Waals surface area contributed by atoms with E-state index in [9.17, 15) is 9.59 Å². The second-order valence-electron chi connectivity index (χ2n) is 10.3. The van der Waals surface area contributed by atoms with Gasteiger partial charge in [-0.2, -0.15) is 0 Å². The van der Waals surface area contributed by atoms with Crippen molar-refractivity contribution >= 4 is 38.9 Å². The quantitative estimate of drug-likeness (QED) is 0.520. The van der Waals surface area contributed by atoms with Crippen LogP contribution in [0.25, 0.3) is 10.1 Å². The van der Waals surface area contributed by atoms with Gasteiger partial charge in [0.15, 0.2) is 0 Å². The van der Waals surface area contributed by atoms with Crippen molar-refractivity contribution < 1.29 is 9.59 Å². The van der Waals surface area contributed by atoms with Gasteiger partial charge >= 0.3 is 0 Å². The van der Waals surface area contributed by atoms with Gasteiger partial charge in [-0.15, -0.1) is 11.3 Å². The van der Waals surface area contributed by atoms with Crippen LogP contribution in [0.15, 0.2) is 54.6 Å². The van der Waals surface area contributed by atoms with E-state index in [-0.39, 0.29) is 23.1 Å². The van der Waals surface area contributed by atoms with Crippen molar-refractivity contribution in [3.8, 4) is 0 Å². The molecule has 178 valence electrons. The van der Waals surface area contributed by atoms with E-state index in [0.717, 1.165) is 27.2 Å². The number of rotatable bonds is 7. The Bertz CT molecular complexity index is 1140. The van der Waals surface area contributed by atoms with Crippen LogP contribution in [0.1, 0.15) is 48.3 Å². The number of fused-ring (bicyclic) bond motifs is 1. The van der Waals surface area contributed by atoms with Crippen LogP contribution in [0, 0.1) is 5.92 Å². The Morgan fingerprint density at radius 1 is 1.09 bits per heavy atom. The first-order chi connectivity index (χ1) is 16.4. The SMILES string of the molecule is CC(C)(CN1CCCC1)c1ccc(N2CC(CNC(=O)c3cc4ccccc4s3)CC2=O)cc1. The monoisotopic (exact) mass is 475 g/mol. The number of hydrogen-bond donors (Lipinski definition) is 1. The third-order valence-corrected chi connectivity index (χ3v) is 8.30. The molecule has 1 unspecified atom stereocenters. The smallest absolute Gasteiger partial charge is 0.261 e. The van der Waals surface area contributed by atoms with Gasteiger partial charge in [-0.05, 0) is 61.1 Å². The Hall–Kier alpha value is -2.70. The van der Waals surface area contributed by atoms with Crippen LogP contribution in [0.5, 0.6) is 0 Å². The fourth-order valence-corrected chi connectivity index (χ4v) is 6.25. The number of carbonyl (C=O) groups excluding carboxylic acids is 2. The molecule has 0 radical (unpaired) electrons. The van der Waals surface area contributed by atoms with E-state index in [1.807, 2.05) is 35.2 Å². The zero-order valence-electron chi connectivity index (χ0n) is 20.0. The topological polar surface area (TPSA) is 52.6 Å². The van der Waals surface area contributed by atoms with Crippen LogP contribution in [-0.2, 0) is 10.2 Å². The highest BCUT2D eigenvalue weighted by atomic mass is 32.1. The third kappa shape index (κ3) is 4.89. The molecule has 1 aromatic heterocycles. The number of likely N-dealkylation sites (tertiary alicyclic amines) is 1. The first-order valence-electron chi connectivity index (χ1n) is 12.3. The summed E-state index contributed by atoms with van der Waals surface area (Å²) in [4.78, 5) is 30.5. The van der Waals surface area contributed by atoms with E-state index < -0.39 is 0 Å². The molecule has 5 nitrogen and oxygen atoms in total. The molecule has 6 heteroatoms. The summed E-state index contributed by atoms with van der Waals surface area (Å²) in [6.45, 7) is 9.22. The van der Waals surface area contributed by atoms with Crippen LogP contribution in [0.3, 0.4) is 0 Å². The molecule has 0 aliphatic carbocycles. The molecule has 2 aromatic carbocycles. The lowest BCUT2D eigenvalue weighted by Gasteiger charge is -2.31. The van der Waals surface area contributed by atoms with Gasteiger partial charge in [0.1, 0.15) is 0 Å².